The minimum atomic E-state index is -3.85. The van der Waals surface area contributed by atoms with Gasteiger partial charge in [0, 0.05) is 24.6 Å². The quantitative estimate of drug-likeness (QED) is 0.715. The Bertz CT molecular complexity index is 942. The van der Waals surface area contributed by atoms with E-state index in [4.69, 9.17) is 4.52 Å². The molecule has 1 N–H and O–H groups in total. The zero-order chi connectivity index (χ0) is 21.5. The lowest BCUT2D eigenvalue weighted by Gasteiger charge is -2.24. The fraction of sp³-hybridized carbons (Fsp3) is 0.765. The molecule has 1 aromatic heterocycles. The Morgan fingerprint density at radius 2 is 1.86 bits per heavy atom. The Kier molecular flexibility index (Phi) is 6.05. The summed E-state index contributed by atoms with van der Waals surface area (Å²) in [5, 5.41) is 6.38. The molecule has 1 amide bonds. The van der Waals surface area contributed by atoms with Gasteiger partial charge in [0.1, 0.15) is 4.75 Å². The molecule has 0 aliphatic carbocycles. The van der Waals surface area contributed by atoms with Crippen LogP contribution in [-0.4, -0.2) is 62.0 Å². The summed E-state index contributed by atoms with van der Waals surface area (Å²) in [5.41, 5.74) is 0.359. The van der Waals surface area contributed by atoms with Gasteiger partial charge in [-0.05, 0) is 26.2 Å². The highest BCUT2D eigenvalue weighted by molar-refractivity contribution is 7.93. The van der Waals surface area contributed by atoms with Gasteiger partial charge in [-0.25, -0.2) is 21.1 Å². The molecule has 1 saturated heterocycles. The molecule has 9 nitrogen and oxygen atoms in total. The second kappa shape index (κ2) is 7.42. The topological polar surface area (TPSA) is 127 Å². The Hall–Kier alpha value is -1.46. The van der Waals surface area contributed by atoms with Gasteiger partial charge in [-0.2, -0.15) is 0 Å². The van der Waals surface area contributed by atoms with Crippen LogP contribution in [0.3, 0.4) is 0 Å². The second-order valence-corrected chi connectivity index (χ2v) is 13.4. The molecule has 11 heteroatoms. The van der Waals surface area contributed by atoms with Crippen LogP contribution in [0.2, 0.25) is 0 Å². The first-order chi connectivity index (χ1) is 12.5. The lowest BCUT2D eigenvalue weighted by atomic mass is 9.92. The van der Waals surface area contributed by atoms with Gasteiger partial charge in [0.25, 0.3) is 0 Å². The summed E-state index contributed by atoms with van der Waals surface area (Å²) in [6.07, 6.45) is 1.55. The van der Waals surface area contributed by atoms with E-state index in [0.717, 1.165) is 6.26 Å². The SMILES string of the molecule is CC(C)(C)c1cc(NC(=O)C(C)(C)S(=O)(=O)CC2CCN(S(C)(=O)=O)C2)on1. The van der Waals surface area contributed by atoms with Gasteiger partial charge in [0.15, 0.2) is 9.84 Å². The van der Waals surface area contributed by atoms with Gasteiger partial charge in [-0.15, -0.1) is 0 Å². The monoisotopic (exact) mass is 435 g/mol. The van der Waals surface area contributed by atoms with Crippen LogP contribution in [0.4, 0.5) is 5.88 Å². The number of sulfone groups is 1. The third kappa shape index (κ3) is 4.93. The first-order valence-electron chi connectivity index (χ1n) is 9.00. The maximum absolute atomic E-state index is 12.9. The lowest BCUT2D eigenvalue weighted by Crippen LogP contribution is -2.46. The van der Waals surface area contributed by atoms with Crippen molar-refractivity contribution < 1.29 is 26.2 Å². The lowest BCUT2D eigenvalue weighted by molar-refractivity contribution is -0.118. The predicted molar refractivity (Wildman–Crippen MR) is 106 cm³/mol. The van der Waals surface area contributed by atoms with Gasteiger partial charge >= 0.3 is 0 Å². The van der Waals surface area contributed by atoms with Gasteiger partial charge in [0.05, 0.1) is 17.7 Å². The number of nitrogens with one attached hydrogen (secondary N) is 1. The van der Waals surface area contributed by atoms with E-state index in [-0.39, 0.29) is 29.5 Å². The van der Waals surface area contributed by atoms with Crippen molar-refractivity contribution in [2.24, 2.45) is 5.92 Å². The van der Waals surface area contributed by atoms with Gasteiger partial charge in [-0.1, -0.05) is 25.9 Å². The van der Waals surface area contributed by atoms with Crippen molar-refractivity contribution in [2.45, 2.75) is 51.2 Å². The van der Waals surface area contributed by atoms with Crippen LogP contribution < -0.4 is 5.32 Å². The van der Waals surface area contributed by atoms with Crippen LogP contribution in [0.5, 0.6) is 0 Å². The molecular formula is C17H29N3O6S2. The maximum atomic E-state index is 12.9. The Morgan fingerprint density at radius 1 is 1.25 bits per heavy atom. The zero-order valence-corrected chi connectivity index (χ0v) is 18.8. The fourth-order valence-corrected chi connectivity index (χ4v) is 5.41. The number of carbonyl (C=O) groups excluding carboxylic acids is 1. The summed E-state index contributed by atoms with van der Waals surface area (Å²) < 4.78 is 53.7. The van der Waals surface area contributed by atoms with Crippen molar-refractivity contribution in [1.29, 1.82) is 0 Å². The molecule has 28 heavy (non-hydrogen) atoms. The van der Waals surface area contributed by atoms with E-state index >= 15 is 0 Å². The zero-order valence-electron chi connectivity index (χ0n) is 17.1. The largest absolute Gasteiger partial charge is 0.338 e. The summed E-state index contributed by atoms with van der Waals surface area (Å²) >= 11 is 0. The Labute approximate surface area is 166 Å². The molecule has 0 bridgehead atoms. The number of hydrogen-bond acceptors (Lipinski definition) is 7. The van der Waals surface area contributed by atoms with E-state index in [1.54, 1.807) is 6.07 Å². The molecule has 1 fully saturated rings. The van der Waals surface area contributed by atoms with Crippen molar-refractivity contribution >= 4 is 31.7 Å². The standard InChI is InChI=1S/C17H29N3O6S2/c1-16(2,3)13-9-14(26-19-13)18-15(21)17(4,5)28(24,25)11-12-7-8-20(10-12)27(6,22)23/h9,12H,7-8,10-11H2,1-6H3,(H,18,21). The molecule has 0 spiro atoms. The van der Waals surface area contributed by atoms with Crippen LogP contribution in [-0.2, 0) is 30.1 Å². The van der Waals surface area contributed by atoms with Crippen LogP contribution >= 0.6 is 0 Å². The van der Waals surface area contributed by atoms with Crippen LogP contribution in [0.1, 0.15) is 46.7 Å². The Balaban J connectivity index is 2.09. The van der Waals surface area contributed by atoms with Crippen LogP contribution in [0.15, 0.2) is 10.6 Å². The second-order valence-electron chi connectivity index (χ2n) is 8.85. The minimum Gasteiger partial charge on any atom is -0.338 e. The molecule has 1 aliphatic heterocycles. The number of amides is 1. The number of sulfonamides is 1. The van der Waals surface area contributed by atoms with Crippen molar-refractivity contribution in [1.82, 2.24) is 9.46 Å². The first kappa shape index (κ1) is 22.8. The van der Waals surface area contributed by atoms with Crippen molar-refractivity contribution in [2.75, 3.05) is 30.4 Å². The molecule has 0 aromatic carbocycles. The van der Waals surface area contributed by atoms with E-state index in [0.29, 0.717) is 18.7 Å². The number of hydrogen-bond donors (Lipinski definition) is 1. The average molecular weight is 436 g/mol. The number of rotatable bonds is 6. The molecule has 0 radical (unpaired) electrons. The highest BCUT2D eigenvalue weighted by atomic mass is 32.2. The number of nitrogens with zero attached hydrogens (tertiary/aromatic N) is 2. The number of aromatic nitrogens is 1. The molecule has 1 atom stereocenters. The molecule has 1 unspecified atom stereocenters. The summed E-state index contributed by atoms with van der Waals surface area (Å²) in [6.45, 7) is 8.92. The molecule has 2 rings (SSSR count). The number of anilines is 1. The molecule has 1 aromatic rings. The van der Waals surface area contributed by atoms with Gasteiger partial charge < -0.3 is 4.52 Å². The molecule has 160 valence electrons. The highest BCUT2D eigenvalue weighted by Crippen LogP contribution is 2.28. The summed E-state index contributed by atoms with van der Waals surface area (Å²) in [4.78, 5) is 12.7. The highest BCUT2D eigenvalue weighted by Gasteiger charge is 2.44. The van der Waals surface area contributed by atoms with Gasteiger partial charge in [-0.3, -0.25) is 10.1 Å². The van der Waals surface area contributed by atoms with E-state index in [2.05, 4.69) is 10.5 Å². The predicted octanol–water partition coefficient (Wildman–Crippen LogP) is 1.39. The summed E-state index contributed by atoms with van der Waals surface area (Å²) in [7, 11) is -7.20. The van der Waals surface area contributed by atoms with Crippen molar-refractivity contribution in [3.05, 3.63) is 11.8 Å². The van der Waals surface area contributed by atoms with Crippen molar-refractivity contribution in [3.63, 3.8) is 0 Å². The van der Waals surface area contributed by atoms with Crippen LogP contribution in [0, 0.1) is 5.92 Å². The number of carbonyl (C=O) groups is 1. The van der Waals surface area contributed by atoms with E-state index in [1.807, 2.05) is 20.8 Å². The van der Waals surface area contributed by atoms with Crippen LogP contribution in [0.25, 0.3) is 0 Å². The summed E-state index contributed by atoms with van der Waals surface area (Å²) in [6, 6.07) is 1.57. The first-order valence-corrected chi connectivity index (χ1v) is 12.5. The van der Waals surface area contributed by atoms with Crippen molar-refractivity contribution in [3.8, 4) is 0 Å². The van der Waals surface area contributed by atoms with Gasteiger partial charge in [0.2, 0.25) is 21.8 Å². The summed E-state index contributed by atoms with van der Waals surface area (Å²) in [5.74, 6) is -1.24. The average Bonchev–Trinajstić information content (AvgIpc) is 3.14. The molecule has 0 saturated carbocycles. The normalized spacial score (nSPS) is 19.7. The van der Waals surface area contributed by atoms with E-state index in [1.165, 1.54) is 18.2 Å². The third-order valence-electron chi connectivity index (χ3n) is 5.01. The van der Waals surface area contributed by atoms with E-state index in [9.17, 15) is 21.6 Å². The fourth-order valence-electron chi connectivity index (χ4n) is 2.84. The molecule has 2 heterocycles. The third-order valence-corrected chi connectivity index (χ3v) is 8.93. The molecular weight excluding hydrogens is 406 g/mol. The minimum absolute atomic E-state index is 0.0855. The maximum Gasteiger partial charge on any atom is 0.247 e. The molecule has 1 aliphatic rings. The Morgan fingerprint density at radius 3 is 2.32 bits per heavy atom. The smallest absolute Gasteiger partial charge is 0.247 e. The van der Waals surface area contributed by atoms with E-state index < -0.39 is 30.5 Å².